The van der Waals surface area contributed by atoms with Gasteiger partial charge < -0.3 is 9.64 Å². The largest absolute Gasteiger partial charge is 0.490 e. The second kappa shape index (κ2) is 6.15. The van der Waals surface area contributed by atoms with E-state index in [1.165, 1.54) is 0 Å². The first-order valence-electron chi connectivity index (χ1n) is 7.51. The van der Waals surface area contributed by atoms with Gasteiger partial charge in [0.1, 0.15) is 0 Å². The zero-order valence-corrected chi connectivity index (χ0v) is 12.9. The number of carbonyl (C=O) groups is 2. The van der Waals surface area contributed by atoms with Gasteiger partial charge in [-0.15, -0.1) is 0 Å². The van der Waals surface area contributed by atoms with Crippen molar-refractivity contribution < 1.29 is 40.7 Å². The van der Waals surface area contributed by atoms with Gasteiger partial charge in [-0.3, -0.25) is 10.1 Å². The number of piperazine rings is 1. The topological polar surface area (TPSA) is 58.6 Å². The summed E-state index contributed by atoms with van der Waals surface area (Å²) in [5.41, 5.74) is -0.891. The Morgan fingerprint density at radius 1 is 1.19 bits per heavy atom. The standard InChI is InChI=1S/C15H12F6N2O3/c16-14(17,18)8-2-1-7-5-10-11(26-13(25)15(19,20)21)22-3-4-23(10)12(24)9(7)6-8/h1-2,6,10-11,22H,3-5H2. The van der Waals surface area contributed by atoms with Gasteiger partial charge in [0.25, 0.3) is 5.91 Å². The van der Waals surface area contributed by atoms with Crippen molar-refractivity contribution in [2.75, 3.05) is 13.1 Å². The van der Waals surface area contributed by atoms with E-state index >= 15 is 0 Å². The Labute approximate surface area is 142 Å². The van der Waals surface area contributed by atoms with Crippen LogP contribution in [0, 0.1) is 0 Å². The number of amides is 1. The van der Waals surface area contributed by atoms with Crippen molar-refractivity contribution in [2.24, 2.45) is 0 Å². The predicted molar refractivity (Wildman–Crippen MR) is 73.9 cm³/mol. The van der Waals surface area contributed by atoms with E-state index in [-0.39, 0.29) is 30.6 Å². The molecule has 2 atom stereocenters. The molecule has 142 valence electrons. The number of carbonyl (C=O) groups excluding carboxylic acids is 2. The smallest absolute Gasteiger partial charge is 0.438 e. The zero-order valence-electron chi connectivity index (χ0n) is 12.9. The van der Waals surface area contributed by atoms with Crippen LogP contribution < -0.4 is 5.32 Å². The third kappa shape index (κ3) is 3.35. The summed E-state index contributed by atoms with van der Waals surface area (Å²) in [6.07, 6.45) is -11.3. The number of alkyl halides is 6. The van der Waals surface area contributed by atoms with Crippen LogP contribution in [0.4, 0.5) is 26.3 Å². The number of benzene rings is 1. The minimum Gasteiger partial charge on any atom is -0.438 e. The summed E-state index contributed by atoms with van der Waals surface area (Å²) in [7, 11) is 0. The Balaban J connectivity index is 1.89. The summed E-state index contributed by atoms with van der Waals surface area (Å²) in [6.45, 7) is 0.103. The number of esters is 1. The van der Waals surface area contributed by atoms with Crippen molar-refractivity contribution in [3.8, 4) is 0 Å². The molecule has 2 heterocycles. The monoisotopic (exact) mass is 382 g/mol. The highest BCUT2D eigenvalue weighted by atomic mass is 19.4. The van der Waals surface area contributed by atoms with Crippen molar-refractivity contribution in [1.29, 1.82) is 0 Å². The van der Waals surface area contributed by atoms with E-state index < -0.39 is 42.1 Å². The number of hydrogen-bond acceptors (Lipinski definition) is 4. The molecule has 1 N–H and O–H groups in total. The van der Waals surface area contributed by atoms with Crippen molar-refractivity contribution in [2.45, 2.75) is 31.0 Å². The molecule has 0 bridgehead atoms. The molecule has 2 aliphatic rings. The molecule has 1 fully saturated rings. The fraction of sp³-hybridized carbons (Fsp3) is 0.467. The van der Waals surface area contributed by atoms with Gasteiger partial charge >= 0.3 is 18.3 Å². The number of ether oxygens (including phenoxy) is 1. The zero-order chi connectivity index (χ0) is 19.3. The minimum absolute atomic E-state index is 0.0341. The molecule has 1 amide bonds. The maximum absolute atomic E-state index is 12.8. The fourth-order valence-electron chi connectivity index (χ4n) is 3.07. The summed E-state index contributed by atoms with van der Waals surface area (Å²) in [5.74, 6) is -3.14. The lowest BCUT2D eigenvalue weighted by Gasteiger charge is -2.44. The van der Waals surface area contributed by atoms with Crippen LogP contribution in [0.25, 0.3) is 0 Å². The van der Waals surface area contributed by atoms with Gasteiger partial charge in [-0.1, -0.05) is 6.07 Å². The van der Waals surface area contributed by atoms with Crippen LogP contribution in [-0.4, -0.2) is 48.3 Å². The molecular formula is C15H12F6N2O3. The van der Waals surface area contributed by atoms with E-state index in [0.29, 0.717) is 0 Å². The molecule has 26 heavy (non-hydrogen) atoms. The summed E-state index contributed by atoms with van der Waals surface area (Å²) >= 11 is 0. The molecule has 0 aliphatic carbocycles. The molecule has 11 heteroatoms. The molecule has 0 aromatic heterocycles. The fourth-order valence-corrected chi connectivity index (χ4v) is 3.07. The van der Waals surface area contributed by atoms with E-state index in [1.54, 1.807) is 0 Å². The molecular weight excluding hydrogens is 370 g/mol. The van der Waals surface area contributed by atoms with E-state index in [4.69, 9.17) is 0 Å². The molecule has 3 rings (SSSR count). The SMILES string of the molecule is O=C1c2cc(C(F)(F)F)ccc2CC2C(OC(=O)C(F)(F)F)NCCN12. The Bertz CT molecular complexity index is 746. The van der Waals surface area contributed by atoms with Gasteiger partial charge in [0, 0.05) is 18.7 Å². The summed E-state index contributed by atoms with van der Waals surface area (Å²) in [5, 5.41) is 2.59. The molecule has 2 unspecified atom stereocenters. The van der Waals surface area contributed by atoms with Crippen LogP contribution in [0.2, 0.25) is 0 Å². The number of nitrogens with zero attached hydrogens (tertiary/aromatic N) is 1. The third-order valence-electron chi connectivity index (χ3n) is 4.27. The van der Waals surface area contributed by atoms with Gasteiger partial charge in [0.05, 0.1) is 11.6 Å². The number of halogens is 6. The first kappa shape index (κ1) is 18.5. The molecule has 1 aromatic rings. The molecule has 1 aromatic carbocycles. The van der Waals surface area contributed by atoms with Crippen LogP contribution in [0.1, 0.15) is 21.5 Å². The molecule has 2 aliphatic heterocycles. The van der Waals surface area contributed by atoms with Crippen LogP contribution in [0.5, 0.6) is 0 Å². The maximum atomic E-state index is 12.8. The van der Waals surface area contributed by atoms with Crippen molar-refractivity contribution in [1.82, 2.24) is 10.2 Å². The minimum atomic E-state index is -5.19. The molecule has 5 nitrogen and oxygen atoms in total. The van der Waals surface area contributed by atoms with Gasteiger partial charge in [-0.25, -0.2) is 4.79 Å². The van der Waals surface area contributed by atoms with Gasteiger partial charge in [-0.05, 0) is 24.1 Å². The highest BCUT2D eigenvalue weighted by molar-refractivity contribution is 5.97. The summed E-state index contributed by atoms with van der Waals surface area (Å²) in [4.78, 5) is 24.7. The average Bonchev–Trinajstić information content (AvgIpc) is 2.53. The lowest BCUT2D eigenvalue weighted by Crippen LogP contribution is -2.63. The Hall–Kier alpha value is -2.30. The third-order valence-corrected chi connectivity index (χ3v) is 4.27. The van der Waals surface area contributed by atoms with Crippen molar-refractivity contribution in [3.63, 3.8) is 0 Å². The molecule has 0 spiro atoms. The second-order valence-electron chi connectivity index (χ2n) is 5.92. The molecule has 1 saturated heterocycles. The van der Waals surface area contributed by atoms with E-state index in [2.05, 4.69) is 10.1 Å². The highest BCUT2D eigenvalue weighted by Gasteiger charge is 2.47. The van der Waals surface area contributed by atoms with Crippen molar-refractivity contribution >= 4 is 11.9 Å². The average molecular weight is 382 g/mol. The number of fused-ring (bicyclic) bond motifs is 2. The molecule has 0 radical (unpaired) electrons. The van der Waals surface area contributed by atoms with Gasteiger partial charge in [-0.2, -0.15) is 26.3 Å². The Kier molecular flexibility index (Phi) is 4.37. The quantitative estimate of drug-likeness (QED) is 0.597. The van der Waals surface area contributed by atoms with Crippen LogP contribution in [0.15, 0.2) is 18.2 Å². The van der Waals surface area contributed by atoms with E-state index in [1.807, 2.05) is 0 Å². The number of nitrogens with one attached hydrogen (secondary N) is 1. The Morgan fingerprint density at radius 2 is 1.88 bits per heavy atom. The van der Waals surface area contributed by atoms with E-state index in [0.717, 1.165) is 23.1 Å². The summed E-state index contributed by atoms with van der Waals surface area (Å²) in [6, 6.07) is 1.71. The van der Waals surface area contributed by atoms with Gasteiger partial charge in [0.2, 0.25) is 0 Å². The first-order chi connectivity index (χ1) is 12.0. The van der Waals surface area contributed by atoms with Gasteiger partial charge in [0.15, 0.2) is 6.23 Å². The number of hydrogen-bond donors (Lipinski definition) is 1. The first-order valence-corrected chi connectivity index (χ1v) is 7.51. The lowest BCUT2D eigenvalue weighted by atomic mass is 9.90. The van der Waals surface area contributed by atoms with Crippen LogP contribution in [0.3, 0.4) is 0 Å². The highest BCUT2D eigenvalue weighted by Crippen LogP contribution is 2.34. The number of rotatable bonds is 1. The van der Waals surface area contributed by atoms with Crippen LogP contribution in [-0.2, 0) is 22.1 Å². The second-order valence-corrected chi connectivity index (χ2v) is 5.92. The van der Waals surface area contributed by atoms with E-state index in [9.17, 15) is 35.9 Å². The Morgan fingerprint density at radius 3 is 2.50 bits per heavy atom. The maximum Gasteiger partial charge on any atom is 0.490 e. The van der Waals surface area contributed by atoms with Crippen LogP contribution >= 0.6 is 0 Å². The molecule has 0 saturated carbocycles. The predicted octanol–water partition coefficient (Wildman–Crippen LogP) is 2.11. The normalized spacial score (nSPS) is 23.3. The lowest BCUT2D eigenvalue weighted by molar-refractivity contribution is -0.210. The summed E-state index contributed by atoms with van der Waals surface area (Å²) < 4.78 is 80.2. The van der Waals surface area contributed by atoms with Crippen molar-refractivity contribution in [3.05, 3.63) is 34.9 Å².